The van der Waals surface area contributed by atoms with Crippen molar-refractivity contribution >= 4 is 5.69 Å². The second-order valence-corrected chi connectivity index (χ2v) is 5.84. The van der Waals surface area contributed by atoms with Crippen LogP contribution in [0.3, 0.4) is 0 Å². The van der Waals surface area contributed by atoms with Gasteiger partial charge in [0.2, 0.25) is 0 Å². The van der Waals surface area contributed by atoms with Crippen molar-refractivity contribution in [1.29, 1.82) is 0 Å². The van der Waals surface area contributed by atoms with E-state index in [0.29, 0.717) is 17.9 Å². The molecule has 1 aliphatic carbocycles. The quantitative estimate of drug-likeness (QED) is 0.815. The zero-order valence-electron chi connectivity index (χ0n) is 12.1. The highest BCUT2D eigenvalue weighted by Gasteiger charge is 2.37. The van der Waals surface area contributed by atoms with E-state index in [2.05, 4.69) is 66.0 Å². The highest BCUT2D eigenvalue weighted by atomic mass is 16.5. The number of benzene rings is 2. The summed E-state index contributed by atoms with van der Waals surface area (Å²) in [6.07, 6.45) is 5.85. The maximum absolute atomic E-state index is 5.27. The number of ether oxygens (including phenoxy) is 1. The fraction of sp³-hybridized carbons (Fsp3) is 0.263. The lowest BCUT2D eigenvalue weighted by Gasteiger charge is -2.37. The summed E-state index contributed by atoms with van der Waals surface area (Å²) in [6.45, 7) is 0. The van der Waals surface area contributed by atoms with Crippen LogP contribution in [0.4, 0.5) is 5.69 Å². The molecular formula is C19H19NO. The van der Waals surface area contributed by atoms with Gasteiger partial charge in [0.15, 0.2) is 0 Å². The number of allylic oxidation sites excluding steroid dienone is 2. The highest BCUT2D eigenvalue weighted by molar-refractivity contribution is 5.59. The van der Waals surface area contributed by atoms with Crippen molar-refractivity contribution in [3.05, 3.63) is 71.8 Å². The summed E-state index contributed by atoms with van der Waals surface area (Å²) in [5.74, 6) is 2.05. The molecule has 0 aromatic heterocycles. The summed E-state index contributed by atoms with van der Waals surface area (Å²) in [5, 5.41) is 3.74. The fourth-order valence-electron chi connectivity index (χ4n) is 3.68. The SMILES string of the molecule is COc1ccc([C@@H]2Nc3ccccc3[C@@H]3C=CC[C@@H]32)cc1. The molecule has 0 radical (unpaired) electrons. The zero-order valence-corrected chi connectivity index (χ0v) is 12.1. The smallest absolute Gasteiger partial charge is 0.118 e. The van der Waals surface area contributed by atoms with Crippen LogP contribution in [0.25, 0.3) is 0 Å². The summed E-state index contributed by atoms with van der Waals surface area (Å²) >= 11 is 0. The minimum atomic E-state index is 0.366. The molecule has 0 unspecified atom stereocenters. The minimum Gasteiger partial charge on any atom is -0.497 e. The van der Waals surface area contributed by atoms with Crippen LogP contribution in [0.5, 0.6) is 5.75 Å². The average molecular weight is 277 g/mol. The first-order valence-corrected chi connectivity index (χ1v) is 7.53. The number of fused-ring (bicyclic) bond motifs is 3. The Morgan fingerprint density at radius 2 is 1.86 bits per heavy atom. The first-order chi connectivity index (χ1) is 10.4. The highest BCUT2D eigenvalue weighted by Crippen LogP contribution is 2.49. The van der Waals surface area contributed by atoms with E-state index in [4.69, 9.17) is 4.74 Å². The van der Waals surface area contributed by atoms with Crippen molar-refractivity contribution in [2.45, 2.75) is 18.4 Å². The molecule has 2 aromatic rings. The molecule has 2 aliphatic rings. The van der Waals surface area contributed by atoms with Crippen molar-refractivity contribution in [2.75, 3.05) is 12.4 Å². The van der Waals surface area contributed by atoms with Crippen LogP contribution in [0.15, 0.2) is 60.7 Å². The standard InChI is InChI=1S/C19H19NO/c1-21-14-11-9-13(10-12-14)19-17-7-4-6-15(17)16-5-2-3-8-18(16)20-19/h2-6,8-12,15,17,19-20H,7H2,1H3/t15-,17-,19-/m0/s1. The molecule has 0 fully saturated rings. The van der Waals surface area contributed by atoms with Gasteiger partial charge in [-0.3, -0.25) is 0 Å². The van der Waals surface area contributed by atoms with Crippen LogP contribution in [0.2, 0.25) is 0 Å². The van der Waals surface area contributed by atoms with E-state index in [1.54, 1.807) is 7.11 Å². The number of rotatable bonds is 2. The van der Waals surface area contributed by atoms with Gasteiger partial charge in [-0.1, -0.05) is 42.5 Å². The van der Waals surface area contributed by atoms with Crippen molar-refractivity contribution in [3.8, 4) is 5.75 Å². The minimum absolute atomic E-state index is 0.366. The van der Waals surface area contributed by atoms with Gasteiger partial charge >= 0.3 is 0 Å². The Balaban J connectivity index is 1.73. The fourth-order valence-corrected chi connectivity index (χ4v) is 3.68. The summed E-state index contributed by atoms with van der Waals surface area (Å²) in [6, 6.07) is 17.5. The van der Waals surface area contributed by atoms with Crippen LogP contribution >= 0.6 is 0 Å². The molecule has 1 heterocycles. The monoisotopic (exact) mass is 277 g/mol. The molecule has 1 N–H and O–H groups in total. The Kier molecular flexibility index (Phi) is 2.95. The van der Waals surface area contributed by atoms with E-state index < -0.39 is 0 Å². The first kappa shape index (κ1) is 12.5. The Morgan fingerprint density at radius 3 is 2.67 bits per heavy atom. The van der Waals surface area contributed by atoms with E-state index in [1.807, 2.05) is 0 Å². The summed E-state index contributed by atoms with van der Waals surface area (Å²) in [4.78, 5) is 0. The van der Waals surface area contributed by atoms with E-state index in [1.165, 1.54) is 16.8 Å². The third-order valence-corrected chi connectivity index (χ3v) is 4.75. The van der Waals surface area contributed by atoms with E-state index >= 15 is 0 Å². The Hall–Kier alpha value is -2.22. The largest absolute Gasteiger partial charge is 0.497 e. The number of hydrogen-bond donors (Lipinski definition) is 1. The van der Waals surface area contributed by atoms with Crippen molar-refractivity contribution in [1.82, 2.24) is 0 Å². The molecule has 0 bridgehead atoms. The van der Waals surface area contributed by atoms with Crippen molar-refractivity contribution in [3.63, 3.8) is 0 Å². The zero-order chi connectivity index (χ0) is 14.2. The number of para-hydroxylation sites is 1. The molecule has 106 valence electrons. The summed E-state index contributed by atoms with van der Waals surface area (Å²) in [7, 11) is 1.71. The van der Waals surface area contributed by atoms with Crippen LogP contribution in [-0.2, 0) is 0 Å². The van der Waals surface area contributed by atoms with E-state index in [9.17, 15) is 0 Å². The predicted octanol–water partition coefficient (Wildman–Crippen LogP) is 4.52. The van der Waals surface area contributed by atoms with Gasteiger partial charge in [-0.05, 0) is 41.7 Å². The Bertz CT molecular complexity index is 674. The molecule has 2 heteroatoms. The molecule has 21 heavy (non-hydrogen) atoms. The van der Waals surface area contributed by atoms with Gasteiger partial charge < -0.3 is 10.1 Å². The van der Waals surface area contributed by atoms with E-state index in [-0.39, 0.29) is 0 Å². The normalized spacial score (nSPS) is 25.9. The second kappa shape index (κ2) is 4.96. The van der Waals surface area contributed by atoms with Crippen LogP contribution in [0.1, 0.15) is 29.5 Å². The Morgan fingerprint density at radius 1 is 1.05 bits per heavy atom. The number of nitrogens with one attached hydrogen (secondary N) is 1. The van der Waals surface area contributed by atoms with E-state index in [0.717, 1.165) is 12.2 Å². The van der Waals surface area contributed by atoms with Crippen LogP contribution in [0, 0.1) is 5.92 Å². The third-order valence-electron chi connectivity index (χ3n) is 4.75. The van der Waals surface area contributed by atoms with Gasteiger partial charge in [-0.15, -0.1) is 0 Å². The molecular weight excluding hydrogens is 258 g/mol. The van der Waals surface area contributed by atoms with Gasteiger partial charge in [0.25, 0.3) is 0 Å². The number of hydrogen-bond acceptors (Lipinski definition) is 2. The molecule has 0 saturated carbocycles. The number of methoxy groups -OCH3 is 1. The van der Waals surface area contributed by atoms with Crippen molar-refractivity contribution in [2.24, 2.45) is 5.92 Å². The first-order valence-electron chi connectivity index (χ1n) is 7.53. The van der Waals surface area contributed by atoms with Gasteiger partial charge in [0.05, 0.1) is 13.2 Å². The average Bonchev–Trinajstić information content (AvgIpc) is 3.04. The Labute approximate surface area is 125 Å². The predicted molar refractivity (Wildman–Crippen MR) is 85.8 cm³/mol. The molecule has 0 saturated heterocycles. The van der Waals surface area contributed by atoms with Crippen LogP contribution < -0.4 is 10.1 Å². The molecule has 0 amide bonds. The number of anilines is 1. The molecule has 2 nitrogen and oxygen atoms in total. The summed E-state index contributed by atoms with van der Waals surface area (Å²) < 4.78 is 5.27. The summed E-state index contributed by atoms with van der Waals surface area (Å²) in [5.41, 5.74) is 4.04. The van der Waals surface area contributed by atoms with Gasteiger partial charge in [-0.2, -0.15) is 0 Å². The second-order valence-electron chi connectivity index (χ2n) is 5.84. The molecule has 2 aromatic carbocycles. The van der Waals surface area contributed by atoms with Crippen molar-refractivity contribution < 1.29 is 4.74 Å². The molecule has 3 atom stereocenters. The maximum Gasteiger partial charge on any atom is 0.118 e. The topological polar surface area (TPSA) is 21.3 Å². The molecule has 1 aliphatic heterocycles. The lowest BCUT2D eigenvalue weighted by molar-refractivity contribution is 0.411. The van der Waals surface area contributed by atoms with Crippen LogP contribution in [-0.4, -0.2) is 7.11 Å². The molecule has 4 rings (SSSR count). The third kappa shape index (κ3) is 2.02. The van der Waals surface area contributed by atoms with Gasteiger partial charge in [0.1, 0.15) is 5.75 Å². The lowest BCUT2D eigenvalue weighted by Crippen LogP contribution is -2.28. The molecule has 0 spiro atoms. The van der Waals surface area contributed by atoms with Gasteiger partial charge in [0, 0.05) is 11.6 Å². The lowest BCUT2D eigenvalue weighted by atomic mass is 9.77. The maximum atomic E-state index is 5.27. The van der Waals surface area contributed by atoms with Gasteiger partial charge in [-0.25, -0.2) is 0 Å².